The molecule has 8 nitrogen and oxygen atoms in total. The third kappa shape index (κ3) is 4.91. The number of aliphatic imine (C=N–C) groups is 2. The maximum Gasteiger partial charge on any atom is 0.331 e. The Balaban J connectivity index is 1.58. The summed E-state index contributed by atoms with van der Waals surface area (Å²) in [6.07, 6.45) is 14.8. The van der Waals surface area contributed by atoms with E-state index in [2.05, 4.69) is 44.7 Å². The van der Waals surface area contributed by atoms with Gasteiger partial charge in [-0.3, -0.25) is 4.79 Å². The van der Waals surface area contributed by atoms with E-state index in [9.17, 15) is 4.79 Å². The molecule has 0 fully saturated rings. The van der Waals surface area contributed by atoms with Gasteiger partial charge in [0, 0.05) is 36.2 Å². The van der Waals surface area contributed by atoms with E-state index in [1.807, 2.05) is 42.2 Å². The lowest BCUT2D eigenvalue weighted by Gasteiger charge is -2.30. The van der Waals surface area contributed by atoms with E-state index < -0.39 is 5.97 Å². The van der Waals surface area contributed by atoms with Crippen LogP contribution in [0.1, 0.15) is 58.9 Å². The first-order chi connectivity index (χ1) is 18.0. The number of carboxylic acid groups (broad SMARTS) is 1. The summed E-state index contributed by atoms with van der Waals surface area (Å²) < 4.78 is 13.4. The van der Waals surface area contributed by atoms with E-state index in [4.69, 9.17) is 24.6 Å². The first kappa shape index (κ1) is 27.4. The SMILES string of the molecule is COC1=C2C(=NC(=CC=CC3=Nc4c(c(OC)cc[n+]4C)C3(C)C)C2(C)C)N(CCCCCC(=O)O)C=C1. The van der Waals surface area contributed by atoms with Gasteiger partial charge in [0.15, 0.2) is 5.71 Å². The van der Waals surface area contributed by atoms with Gasteiger partial charge >= 0.3 is 11.8 Å². The van der Waals surface area contributed by atoms with Crippen molar-refractivity contribution < 1.29 is 23.9 Å². The Morgan fingerprint density at radius 3 is 2.55 bits per heavy atom. The quantitative estimate of drug-likeness (QED) is 0.342. The molecule has 0 aromatic carbocycles. The van der Waals surface area contributed by atoms with Gasteiger partial charge in [0.25, 0.3) is 0 Å². The minimum Gasteiger partial charge on any atom is -0.496 e. The predicted molar refractivity (Wildman–Crippen MR) is 149 cm³/mol. The largest absolute Gasteiger partial charge is 0.496 e. The molecule has 202 valence electrons. The lowest BCUT2D eigenvalue weighted by atomic mass is 9.80. The van der Waals surface area contributed by atoms with Crippen LogP contribution in [0.5, 0.6) is 5.75 Å². The normalized spacial score (nSPS) is 20.1. The standard InChI is InChI=1S/C30H38N4O4/c1-29(2)22(31-27-25(29)20(37-6)15-18-33(27)5)12-11-13-23-30(3,4)26-21(38-7)16-19-34(28(26)32-23)17-10-8-9-14-24(35)36/h11-13,15-16,18-19H,8-10,14,17H2,1-7H3/p+1. The van der Waals surface area contributed by atoms with Crippen LogP contribution in [-0.4, -0.2) is 48.3 Å². The highest BCUT2D eigenvalue weighted by molar-refractivity contribution is 6.08. The zero-order chi connectivity index (χ0) is 27.7. The van der Waals surface area contributed by atoms with E-state index in [1.54, 1.807) is 14.2 Å². The molecule has 3 aliphatic rings. The Hall–Kier alpha value is -3.68. The summed E-state index contributed by atoms with van der Waals surface area (Å²) in [4.78, 5) is 23.0. The molecule has 0 radical (unpaired) electrons. The number of hydrogen-bond acceptors (Lipinski definition) is 6. The minimum atomic E-state index is -0.744. The van der Waals surface area contributed by atoms with Crippen LogP contribution in [0, 0.1) is 5.41 Å². The molecule has 0 unspecified atom stereocenters. The molecule has 0 saturated carbocycles. The topological polar surface area (TPSA) is 87.6 Å². The van der Waals surface area contributed by atoms with Crippen LogP contribution < -0.4 is 9.30 Å². The number of hydrogen-bond donors (Lipinski definition) is 1. The lowest BCUT2D eigenvalue weighted by Crippen LogP contribution is -2.33. The number of aliphatic carboxylic acids is 1. The Kier molecular flexibility index (Phi) is 7.63. The van der Waals surface area contributed by atoms with Gasteiger partial charge in [-0.1, -0.05) is 12.5 Å². The second-order valence-corrected chi connectivity index (χ2v) is 10.9. The van der Waals surface area contributed by atoms with E-state index in [-0.39, 0.29) is 17.3 Å². The average molecular weight is 520 g/mol. The molecule has 8 heteroatoms. The molecule has 1 N–H and O–H groups in total. The van der Waals surface area contributed by atoms with Crippen molar-refractivity contribution in [3.05, 3.63) is 65.4 Å². The number of aromatic nitrogens is 1. The third-order valence-corrected chi connectivity index (χ3v) is 7.62. The number of methoxy groups -OCH3 is 2. The van der Waals surface area contributed by atoms with Crippen LogP contribution >= 0.6 is 0 Å². The van der Waals surface area contributed by atoms with Gasteiger partial charge in [-0.2, -0.15) is 0 Å². The summed E-state index contributed by atoms with van der Waals surface area (Å²) in [6, 6.07) is 1.98. The van der Waals surface area contributed by atoms with Crippen molar-refractivity contribution in [1.82, 2.24) is 4.90 Å². The molecule has 0 amide bonds. The summed E-state index contributed by atoms with van der Waals surface area (Å²) in [6.45, 7) is 9.44. The van der Waals surface area contributed by atoms with Crippen LogP contribution in [0.4, 0.5) is 5.82 Å². The maximum atomic E-state index is 10.8. The van der Waals surface area contributed by atoms with Crippen molar-refractivity contribution in [2.45, 2.75) is 58.8 Å². The molecule has 0 aliphatic carbocycles. The molecule has 3 aliphatic heterocycles. The Morgan fingerprint density at radius 1 is 1.11 bits per heavy atom. The van der Waals surface area contributed by atoms with Crippen molar-refractivity contribution >= 4 is 23.3 Å². The fourth-order valence-corrected chi connectivity index (χ4v) is 5.36. The number of allylic oxidation sites excluding steroid dienone is 5. The Labute approximate surface area is 225 Å². The number of carbonyl (C=O) groups is 1. The molecule has 1 aromatic rings. The van der Waals surface area contributed by atoms with Gasteiger partial charge in [-0.05, 0) is 63.8 Å². The summed E-state index contributed by atoms with van der Waals surface area (Å²) in [5.41, 5.74) is 3.42. The number of aryl methyl sites for hydroxylation is 1. The zero-order valence-electron chi connectivity index (χ0n) is 23.5. The average Bonchev–Trinajstić information content (AvgIpc) is 3.29. The van der Waals surface area contributed by atoms with Crippen molar-refractivity contribution in [3.8, 4) is 5.75 Å². The van der Waals surface area contributed by atoms with Crippen LogP contribution in [-0.2, 0) is 22.0 Å². The third-order valence-electron chi connectivity index (χ3n) is 7.62. The van der Waals surface area contributed by atoms with Crippen molar-refractivity contribution in [3.63, 3.8) is 0 Å². The van der Waals surface area contributed by atoms with Crippen molar-refractivity contribution in [1.29, 1.82) is 0 Å². The number of carboxylic acids is 1. The lowest BCUT2D eigenvalue weighted by molar-refractivity contribution is -0.658. The smallest absolute Gasteiger partial charge is 0.331 e. The van der Waals surface area contributed by atoms with Crippen LogP contribution in [0.3, 0.4) is 0 Å². The fraction of sp³-hybridized carbons (Fsp3) is 0.467. The highest BCUT2D eigenvalue weighted by Crippen LogP contribution is 2.47. The summed E-state index contributed by atoms with van der Waals surface area (Å²) in [5, 5.41) is 8.89. The number of fused-ring (bicyclic) bond motifs is 2. The van der Waals surface area contributed by atoms with E-state index in [0.717, 1.165) is 65.1 Å². The molecule has 38 heavy (non-hydrogen) atoms. The van der Waals surface area contributed by atoms with Gasteiger partial charge in [0.2, 0.25) is 0 Å². The molecule has 0 atom stereocenters. The summed E-state index contributed by atoms with van der Waals surface area (Å²) in [7, 11) is 5.39. The molecule has 0 bridgehead atoms. The second-order valence-electron chi connectivity index (χ2n) is 10.9. The molecule has 1 aromatic heterocycles. The van der Waals surface area contributed by atoms with Crippen LogP contribution in [0.15, 0.2) is 69.8 Å². The second kappa shape index (κ2) is 10.6. The summed E-state index contributed by atoms with van der Waals surface area (Å²) >= 11 is 0. The Bertz CT molecular complexity index is 1310. The first-order valence-corrected chi connectivity index (χ1v) is 13.1. The molecule has 4 rings (SSSR count). The van der Waals surface area contributed by atoms with Gasteiger partial charge in [-0.15, -0.1) is 0 Å². The first-order valence-electron chi connectivity index (χ1n) is 13.1. The summed E-state index contributed by atoms with van der Waals surface area (Å²) in [5.74, 6) is 2.73. The number of pyridine rings is 1. The van der Waals surface area contributed by atoms with Crippen molar-refractivity contribution in [2.75, 3.05) is 20.8 Å². The van der Waals surface area contributed by atoms with Gasteiger partial charge in [0.1, 0.15) is 22.9 Å². The zero-order valence-corrected chi connectivity index (χ0v) is 23.5. The van der Waals surface area contributed by atoms with Gasteiger partial charge < -0.3 is 19.5 Å². The fourth-order valence-electron chi connectivity index (χ4n) is 5.36. The van der Waals surface area contributed by atoms with Crippen LogP contribution in [0.25, 0.3) is 0 Å². The molecule has 0 saturated heterocycles. The molecular weight excluding hydrogens is 480 g/mol. The maximum absolute atomic E-state index is 10.8. The van der Waals surface area contributed by atoms with Crippen molar-refractivity contribution in [2.24, 2.45) is 22.4 Å². The van der Waals surface area contributed by atoms with E-state index in [1.165, 1.54) is 0 Å². The minimum absolute atomic E-state index is 0.209. The number of nitrogens with zero attached hydrogens (tertiary/aromatic N) is 4. The number of ether oxygens (including phenoxy) is 2. The highest BCUT2D eigenvalue weighted by Gasteiger charge is 2.45. The Morgan fingerprint density at radius 2 is 1.87 bits per heavy atom. The molecule has 4 heterocycles. The number of rotatable bonds is 10. The van der Waals surface area contributed by atoms with Gasteiger partial charge in [0.05, 0.1) is 38.6 Å². The van der Waals surface area contributed by atoms with E-state index in [0.29, 0.717) is 6.42 Å². The number of amidine groups is 1. The van der Waals surface area contributed by atoms with E-state index >= 15 is 0 Å². The molecule has 0 spiro atoms. The monoisotopic (exact) mass is 519 g/mol. The van der Waals surface area contributed by atoms with Gasteiger partial charge in [-0.25, -0.2) is 9.56 Å². The number of unbranched alkanes of at least 4 members (excludes halogenated alkanes) is 2. The van der Waals surface area contributed by atoms with Crippen LogP contribution in [0.2, 0.25) is 0 Å². The highest BCUT2D eigenvalue weighted by atomic mass is 16.5. The predicted octanol–water partition coefficient (Wildman–Crippen LogP) is 5.14. The molecular formula is C30H39N4O4+.